The molecule has 0 saturated carbocycles. The average Bonchev–Trinajstić information content (AvgIpc) is 2.58. The fourth-order valence-corrected chi connectivity index (χ4v) is 5.27. The van der Waals surface area contributed by atoms with Gasteiger partial charge >= 0.3 is 13.8 Å². The van der Waals surface area contributed by atoms with Gasteiger partial charge in [-0.2, -0.15) is 13.2 Å². The van der Waals surface area contributed by atoms with Gasteiger partial charge in [0.15, 0.2) is 0 Å². The molecule has 1 unspecified atom stereocenters. The number of halogens is 3. The van der Waals surface area contributed by atoms with E-state index in [1.165, 1.54) is 13.8 Å². The fraction of sp³-hybridized carbons (Fsp3) is 0.636. The number of alkyl halides is 3. The largest absolute Gasteiger partial charge is 0.451 e. The number of ether oxygens (including phenoxy) is 1. The molecule has 176 valence electrons. The van der Waals surface area contributed by atoms with Crippen molar-refractivity contribution < 1.29 is 36.6 Å². The molecule has 1 aromatic rings. The molecule has 1 aromatic carbocycles. The summed E-state index contributed by atoms with van der Waals surface area (Å²) < 4.78 is 71.2. The van der Waals surface area contributed by atoms with Gasteiger partial charge in [0, 0.05) is 11.1 Å². The summed E-state index contributed by atoms with van der Waals surface area (Å²) in [7, 11) is -4.49. The third-order valence-corrected chi connectivity index (χ3v) is 7.17. The molecule has 31 heavy (non-hydrogen) atoms. The van der Waals surface area contributed by atoms with Crippen LogP contribution in [0.4, 0.5) is 13.2 Å². The molecule has 0 fully saturated rings. The average molecular weight is 464 g/mol. The van der Waals surface area contributed by atoms with Crippen LogP contribution >= 0.6 is 7.60 Å². The fourth-order valence-electron chi connectivity index (χ4n) is 3.38. The number of fused-ring (bicyclic) bond motifs is 1. The van der Waals surface area contributed by atoms with Crippen LogP contribution in [0, 0.1) is 0 Å². The number of rotatable bonds is 5. The van der Waals surface area contributed by atoms with E-state index in [1.807, 2.05) is 41.5 Å². The highest BCUT2D eigenvalue weighted by atomic mass is 31.2. The molecule has 1 heterocycles. The van der Waals surface area contributed by atoms with Crippen molar-refractivity contribution in [2.24, 2.45) is 0 Å². The number of benzene rings is 1. The van der Waals surface area contributed by atoms with Gasteiger partial charge in [-0.25, -0.2) is 0 Å². The quantitative estimate of drug-likeness (QED) is 0.489. The number of aliphatic hydroxyl groups excluding tert-OH is 1. The van der Waals surface area contributed by atoms with E-state index in [-0.39, 0.29) is 29.9 Å². The molecular formula is C22H32F3O5P. The summed E-state index contributed by atoms with van der Waals surface area (Å²) in [4.78, 5) is 0. The Balaban J connectivity index is 2.92. The van der Waals surface area contributed by atoms with Crippen LogP contribution in [0.3, 0.4) is 0 Å². The summed E-state index contributed by atoms with van der Waals surface area (Å²) in [6.07, 6.45) is -6.89. The minimum atomic E-state index is -5.02. The molecule has 0 aliphatic carbocycles. The Hall–Kier alpha value is -1.34. The lowest BCUT2D eigenvalue weighted by Gasteiger charge is -2.36. The first-order valence-electron chi connectivity index (χ1n) is 10.2. The zero-order valence-corrected chi connectivity index (χ0v) is 20.2. The van der Waals surface area contributed by atoms with Gasteiger partial charge in [-0.05, 0) is 36.3 Å². The number of aliphatic hydroxyl groups is 1. The SMILES string of the molecule is CCOP(=O)(OCC)C1=C(C(F)(F)F)Oc2c(cc(C(C)(C)C)cc2C(C)(C)C)C1O. The van der Waals surface area contributed by atoms with Gasteiger partial charge in [0.25, 0.3) is 0 Å². The molecule has 1 N–H and O–H groups in total. The summed E-state index contributed by atoms with van der Waals surface area (Å²) in [6.45, 7) is 14.1. The second kappa shape index (κ2) is 8.54. The zero-order chi connectivity index (χ0) is 24.0. The lowest BCUT2D eigenvalue weighted by atomic mass is 9.78. The Morgan fingerprint density at radius 3 is 1.90 bits per heavy atom. The van der Waals surface area contributed by atoms with Gasteiger partial charge < -0.3 is 18.9 Å². The minimum Gasteiger partial charge on any atom is -0.451 e. The van der Waals surface area contributed by atoms with Crippen LogP contribution in [-0.2, 0) is 24.4 Å². The number of hydrogen-bond acceptors (Lipinski definition) is 5. The Morgan fingerprint density at radius 1 is 1.00 bits per heavy atom. The van der Waals surface area contributed by atoms with Crippen molar-refractivity contribution in [1.29, 1.82) is 0 Å². The molecule has 5 nitrogen and oxygen atoms in total. The molecule has 0 bridgehead atoms. The van der Waals surface area contributed by atoms with E-state index < -0.39 is 36.4 Å². The predicted molar refractivity (Wildman–Crippen MR) is 113 cm³/mol. The summed E-state index contributed by atoms with van der Waals surface area (Å²) in [6, 6.07) is 3.40. The molecule has 0 saturated heterocycles. The highest BCUT2D eigenvalue weighted by Crippen LogP contribution is 2.65. The van der Waals surface area contributed by atoms with Crippen LogP contribution in [0.2, 0.25) is 0 Å². The molecule has 0 spiro atoms. The molecule has 0 radical (unpaired) electrons. The van der Waals surface area contributed by atoms with Crippen molar-refractivity contribution in [3.63, 3.8) is 0 Å². The lowest BCUT2D eigenvalue weighted by molar-refractivity contribution is -0.120. The van der Waals surface area contributed by atoms with Crippen LogP contribution in [0.15, 0.2) is 23.2 Å². The van der Waals surface area contributed by atoms with Crippen molar-refractivity contribution in [2.75, 3.05) is 13.2 Å². The standard InChI is InChI=1S/C22H32F3O5P/c1-9-28-31(27,29-10-2)18-16(26)14-11-13(20(3,4)5)12-15(21(6,7)8)17(14)30-19(18)22(23,24)25/h11-12,16,26H,9-10H2,1-8H3. The van der Waals surface area contributed by atoms with Crippen molar-refractivity contribution in [2.45, 2.75) is 78.5 Å². The first-order chi connectivity index (χ1) is 14.0. The van der Waals surface area contributed by atoms with Crippen LogP contribution in [0.5, 0.6) is 5.75 Å². The molecule has 1 aliphatic heterocycles. The minimum absolute atomic E-state index is 0.0800. The van der Waals surface area contributed by atoms with Crippen LogP contribution in [0.1, 0.15) is 78.2 Å². The van der Waals surface area contributed by atoms with Crippen LogP contribution < -0.4 is 4.74 Å². The van der Waals surface area contributed by atoms with Crippen molar-refractivity contribution in [1.82, 2.24) is 0 Å². The van der Waals surface area contributed by atoms with E-state index in [0.717, 1.165) is 5.56 Å². The number of allylic oxidation sites excluding steroid dienone is 1. The monoisotopic (exact) mass is 464 g/mol. The summed E-state index contributed by atoms with van der Waals surface area (Å²) in [5.41, 5.74) is 0.489. The molecule has 1 aliphatic rings. The van der Waals surface area contributed by atoms with Gasteiger partial charge in [0.1, 0.15) is 17.2 Å². The van der Waals surface area contributed by atoms with E-state index in [4.69, 9.17) is 13.8 Å². The molecule has 0 aromatic heterocycles. The molecule has 0 amide bonds. The van der Waals surface area contributed by atoms with E-state index in [1.54, 1.807) is 12.1 Å². The zero-order valence-electron chi connectivity index (χ0n) is 19.3. The molecular weight excluding hydrogens is 432 g/mol. The van der Waals surface area contributed by atoms with Crippen LogP contribution in [-0.4, -0.2) is 24.5 Å². The topological polar surface area (TPSA) is 65.0 Å². The Kier molecular flexibility index (Phi) is 7.14. The lowest BCUT2D eigenvalue weighted by Crippen LogP contribution is -2.29. The molecule has 1 atom stereocenters. The summed E-state index contributed by atoms with van der Waals surface area (Å²) in [5.74, 6) is -1.63. The van der Waals surface area contributed by atoms with E-state index in [0.29, 0.717) is 5.56 Å². The predicted octanol–water partition coefficient (Wildman–Crippen LogP) is 6.75. The normalized spacial score (nSPS) is 18.1. The first kappa shape index (κ1) is 25.9. The van der Waals surface area contributed by atoms with E-state index in [9.17, 15) is 22.8 Å². The number of hydrogen-bond donors (Lipinski definition) is 1. The van der Waals surface area contributed by atoms with Crippen molar-refractivity contribution >= 4 is 7.60 Å². The summed E-state index contributed by atoms with van der Waals surface area (Å²) in [5, 5.41) is 10.2. The maximum atomic E-state index is 14.0. The summed E-state index contributed by atoms with van der Waals surface area (Å²) >= 11 is 0. The van der Waals surface area contributed by atoms with Gasteiger partial charge in [0.2, 0.25) is 5.76 Å². The molecule has 2 rings (SSSR count). The Morgan fingerprint density at radius 2 is 1.52 bits per heavy atom. The Labute approximate surface area is 182 Å². The van der Waals surface area contributed by atoms with Crippen LogP contribution in [0.25, 0.3) is 0 Å². The third kappa shape index (κ3) is 5.19. The van der Waals surface area contributed by atoms with Gasteiger partial charge in [-0.3, -0.25) is 4.57 Å². The van der Waals surface area contributed by atoms with Crippen molar-refractivity contribution in [3.05, 3.63) is 39.9 Å². The second-order valence-electron chi connectivity index (χ2n) is 9.49. The van der Waals surface area contributed by atoms with Gasteiger partial charge in [-0.15, -0.1) is 0 Å². The highest BCUT2D eigenvalue weighted by molar-refractivity contribution is 7.58. The maximum absolute atomic E-state index is 14.0. The first-order valence-corrected chi connectivity index (χ1v) is 11.8. The van der Waals surface area contributed by atoms with Gasteiger partial charge in [-0.1, -0.05) is 47.6 Å². The second-order valence-corrected chi connectivity index (χ2v) is 11.5. The smallest absolute Gasteiger partial charge is 0.450 e. The van der Waals surface area contributed by atoms with Crippen molar-refractivity contribution in [3.8, 4) is 5.75 Å². The third-order valence-electron chi connectivity index (χ3n) is 4.93. The maximum Gasteiger partial charge on any atom is 0.450 e. The van der Waals surface area contributed by atoms with E-state index >= 15 is 0 Å². The molecule has 9 heteroatoms. The van der Waals surface area contributed by atoms with E-state index in [2.05, 4.69) is 0 Å². The van der Waals surface area contributed by atoms with Gasteiger partial charge in [0.05, 0.1) is 13.2 Å². The Bertz CT molecular complexity index is 897. The highest BCUT2D eigenvalue weighted by Gasteiger charge is 2.52.